The molecular weight excluding hydrogens is 308 g/mol. The summed E-state index contributed by atoms with van der Waals surface area (Å²) in [5.41, 5.74) is 9.01. The summed E-state index contributed by atoms with van der Waals surface area (Å²) in [5.74, 6) is 0. The normalized spacial score (nSPS) is 12.7. The van der Waals surface area contributed by atoms with E-state index in [2.05, 4.69) is 20.9 Å². The topological polar surface area (TPSA) is 38.9 Å². The molecule has 0 radical (unpaired) electrons. The van der Waals surface area contributed by atoms with Crippen molar-refractivity contribution in [1.29, 1.82) is 0 Å². The van der Waals surface area contributed by atoms with Gasteiger partial charge in [-0.15, -0.1) is 11.3 Å². The molecule has 0 aliphatic rings. The fourth-order valence-electron chi connectivity index (χ4n) is 1.42. The van der Waals surface area contributed by atoms with Gasteiger partial charge < -0.3 is 5.73 Å². The number of hydrogen-bond acceptors (Lipinski definition) is 3. The van der Waals surface area contributed by atoms with Crippen molar-refractivity contribution in [2.24, 2.45) is 5.73 Å². The van der Waals surface area contributed by atoms with E-state index in [-0.39, 0.29) is 6.04 Å². The molecule has 0 amide bonds. The average molecular weight is 318 g/mol. The Balaban J connectivity index is 2.14. The third-order valence-electron chi connectivity index (χ3n) is 2.28. The number of benzene rings is 1. The Hall–Kier alpha value is -0.420. The second-order valence-corrected chi connectivity index (χ2v) is 5.68. The van der Waals surface area contributed by atoms with Gasteiger partial charge in [0.05, 0.1) is 10.5 Å². The highest BCUT2D eigenvalue weighted by molar-refractivity contribution is 9.10. The molecule has 0 aliphatic heterocycles. The first-order chi connectivity index (χ1) is 7.66. The summed E-state index contributed by atoms with van der Waals surface area (Å²) in [6.45, 7) is 0. The molecule has 84 valence electrons. The van der Waals surface area contributed by atoms with Crippen LogP contribution in [-0.2, 0) is 6.42 Å². The molecule has 1 atom stereocenters. The summed E-state index contributed by atoms with van der Waals surface area (Å²) in [5, 5.41) is 0.703. The summed E-state index contributed by atoms with van der Waals surface area (Å²) >= 11 is 11.0. The van der Waals surface area contributed by atoms with Crippen molar-refractivity contribution in [2.75, 3.05) is 0 Å². The van der Waals surface area contributed by atoms with Crippen molar-refractivity contribution in [3.05, 3.63) is 49.8 Å². The van der Waals surface area contributed by atoms with Crippen molar-refractivity contribution in [1.82, 2.24) is 4.98 Å². The van der Waals surface area contributed by atoms with Crippen molar-refractivity contribution < 1.29 is 0 Å². The molecule has 1 heterocycles. The Morgan fingerprint density at radius 3 is 2.94 bits per heavy atom. The number of thiazole rings is 1. The lowest BCUT2D eigenvalue weighted by Gasteiger charge is -2.11. The molecule has 0 spiro atoms. The summed E-state index contributed by atoms with van der Waals surface area (Å²) in [4.78, 5) is 5.23. The van der Waals surface area contributed by atoms with E-state index in [0.717, 1.165) is 16.5 Å². The quantitative estimate of drug-likeness (QED) is 0.935. The number of rotatable bonds is 3. The van der Waals surface area contributed by atoms with Gasteiger partial charge in [0.2, 0.25) is 0 Å². The molecular formula is C11H10BrClN2S. The summed E-state index contributed by atoms with van der Waals surface area (Å²) in [7, 11) is 0. The van der Waals surface area contributed by atoms with Crippen molar-refractivity contribution >= 4 is 38.9 Å². The van der Waals surface area contributed by atoms with Crippen LogP contribution < -0.4 is 5.73 Å². The molecule has 0 fully saturated rings. The minimum Gasteiger partial charge on any atom is -0.324 e. The molecule has 1 unspecified atom stereocenters. The smallest absolute Gasteiger partial charge is 0.0794 e. The standard InChI is InChI=1S/C11H10BrClN2S/c12-9-3-7(1-2-10(9)13)11(14)4-8-5-15-6-16-8/h1-3,5-6,11H,4,14H2. The van der Waals surface area contributed by atoms with Gasteiger partial charge in [-0.3, -0.25) is 4.98 Å². The summed E-state index contributed by atoms with van der Waals surface area (Å²) in [6, 6.07) is 5.76. The van der Waals surface area contributed by atoms with Gasteiger partial charge in [-0.25, -0.2) is 0 Å². The largest absolute Gasteiger partial charge is 0.324 e. The Kier molecular flexibility index (Phi) is 3.97. The maximum Gasteiger partial charge on any atom is 0.0794 e. The molecule has 5 heteroatoms. The van der Waals surface area contributed by atoms with Crippen LogP contribution in [0.2, 0.25) is 5.02 Å². The summed E-state index contributed by atoms with van der Waals surface area (Å²) < 4.78 is 0.881. The monoisotopic (exact) mass is 316 g/mol. The van der Waals surface area contributed by atoms with Gasteiger partial charge in [-0.1, -0.05) is 17.7 Å². The van der Waals surface area contributed by atoms with Gasteiger partial charge in [-0.05, 0) is 33.6 Å². The van der Waals surface area contributed by atoms with Gasteiger partial charge in [0, 0.05) is 28.0 Å². The van der Waals surface area contributed by atoms with Crippen LogP contribution in [0, 0.1) is 0 Å². The van der Waals surface area contributed by atoms with Crippen LogP contribution in [0.4, 0.5) is 0 Å². The zero-order chi connectivity index (χ0) is 11.5. The van der Waals surface area contributed by atoms with E-state index in [1.807, 2.05) is 29.9 Å². The lowest BCUT2D eigenvalue weighted by molar-refractivity contribution is 0.728. The van der Waals surface area contributed by atoms with Gasteiger partial charge in [0.15, 0.2) is 0 Å². The highest BCUT2D eigenvalue weighted by Gasteiger charge is 2.09. The molecule has 16 heavy (non-hydrogen) atoms. The predicted octanol–water partition coefficient (Wildman–Crippen LogP) is 3.80. The number of aromatic nitrogens is 1. The molecule has 1 aromatic carbocycles. The first-order valence-electron chi connectivity index (χ1n) is 4.74. The maximum absolute atomic E-state index is 6.12. The minimum absolute atomic E-state index is 0.0194. The first kappa shape index (κ1) is 12.0. The molecule has 2 N–H and O–H groups in total. The van der Waals surface area contributed by atoms with E-state index in [1.54, 1.807) is 11.3 Å². The van der Waals surface area contributed by atoms with Crippen LogP contribution in [0.15, 0.2) is 34.4 Å². The fraction of sp³-hybridized carbons (Fsp3) is 0.182. The fourth-order valence-corrected chi connectivity index (χ4v) is 2.59. The zero-order valence-corrected chi connectivity index (χ0v) is 11.5. The molecule has 2 aromatic rings. The van der Waals surface area contributed by atoms with Crippen molar-refractivity contribution in [3.8, 4) is 0 Å². The number of nitrogens with zero attached hydrogens (tertiary/aromatic N) is 1. The SMILES string of the molecule is NC(Cc1cncs1)c1ccc(Cl)c(Br)c1. The van der Waals surface area contributed by atoms with Gasteiger partial charge >= 0.3 is 0 Å². The Morgan fingerprint density at radius 2 is 2.31 bits per heavy atom. The van der Waals surface area contributed by atoms with E-state index < -0.39 is 0 Å². The van der Waals surface area contributed by atoms with Crippen molar-refractivity contribution in [2.45, 2.75) is 12.5 Å². The van der Waals surface area contributed by atoms with Crippen LogP contribution >= 0.6 is 38.9 Å². The average Bonchev–Trinajstić information content (AvgIpc) is 2.74. The van der Waals surface area contributed by atoms with Gasteiger partial charge in [-0.2, -0.15) is 0 Å². The van der Waals surface area contributed by atoms with E-state index in [0.29, 0.717) is 5.02 Å². The van der Waals surface area contributed by atoms with Gasteiger partial charge in [0.25, 0.3) is 0 Å². The summed E-state index contributed by atoms with van der Waals surface area (Å²) in [6.07, 6.45) is 2.66. The molecule has 0 bridgehead atoms. The zero-order valence-electron chi connectivity index (χ0n) is 8.36. The second-order valence-electron chi connectivity index (χ2n) is 3.45. The maximum atomic E-state index is 6.12. The number of halogens is 2. The third-order valence-corrected chi connectivity index (χ3v) is 4.29. The van der Waals surface area contributed by atoms with Crippen LogP contribution in [0.3, 0.4) is 0 Å². The van der Waals surface area contributed by atoms with Crippen LogP contribution in [0.25, 0.3) is 0 Å². The van der Waals surface area contributed by atoms with Crippen LogP contribution in [-0.4, -0.2) is 4.98 Å². The Morgan fingerprint density at radius 1 is 1.50 bits per heavy atom. The van der Waals surface area contributed by atoms with Crippen LogP contribution in [0.1, 0.15) is 16.5 Å². The first-order valence-corrected chi connectivity index (χ1v) is 6.80. The molecule has 0 saturated carbocycles. The number of nitrogens with two attached hydrogens (primary N) is 1. The Labute approximate surface area is 112 Å². The van der Waals surface area contributed by atoms with Gasteiger partial charge in [0.1, 0.15) is 0 Å². The van der Waals surface area contributed by atoms with Crippen LogP contribution in [0.5, 0.6) is 0 Å². The molecule has 2 rings (SSSR count). The van der Waals surface area contributed by atoms with Crippen molar-refractivity contribution in [3.63, 3.8) is 0 Å². The minimum atomic E-state index is -0.0194. The van der Waals surface area contributed by atoms with E-state index >= 15 is 0 Å². The lowest BCUT2D eigenvalue weighted by atomic mass is 10.0. The molecule has 2 nitrogen and oxygen atoms in total. The number of hydrogen-bond donors (Lipinski definition) is 1. The van der Waals surface area contributed by atoms with E-state index in [1.165, 1.54) is 4.88 Å². The molecule has 0 saturated heterocycles. The van der Waals surface area contributed by atoms with E-state index in [9.17, 15) is 0 Å². The molecule has 1 aromatic heterocycles. The lowest BCUT2D eigenvalue weighted by Crippen LogP contribution is -2.12. The third kappa shape index (κ3) is 2.83. The predicted molar refractivity (Wildman–Crippen MR) is 71.9 cm³/mol. The van der Waals surface area contributed by atoms with E-state index in [4.69, 9.17) is 17.3 Å². The highest BCUT2D eigenvalue weighted by atomic mass is 79.9. The Bertz CT molecular complexity index is 473. The molecule has 0 aliphatic carbocycles. The highest BCUT2D eigenvalue weighted by Crippen LogP contribution is 2.27. The second kappa shape index (κ2) is 5.27.